The molecule has 2 bridgehead atoms. The van der Waals surface area contributed by atoms with Gasteiger partial charge in [-0.15, -0.1) is 0 Å². The Hall–Kier alpha value is -2.51. The van der Waals surface area contributed by atoms with Crippen LogP contribution in [0.1, 0.15) is 48.0 Å². The molecule has 5 nitrogen and oxygen atoms in total. The molecule has 178 valence electrons. The number of methoxy groups -OCH3 is 1. The summed E-state index contributed by atoms with van der Waals surface area (Å²) >= 11 is 0. The molecule has 0 N–H and O–H groups in total. The summed E-state index contributed by atoms with van der Waals surface area (Å²) in [4.78, 5) is 17.5. The Labute approximate surface area is 194 Å². The minimum absolute atomic E-state index is 0.000777. The van der Waals surface area contributed by atoms with Crippen molar-refractivity contribution in [2.45, 2.75) is 50.8 Å². The van der Waals surface area contributed by atoms with E-state index in [0.717, 1.165) is 44.2 Å². The van der Waals surface area contributed by atoms with E-state index in [2.05, 4.69) is 4.90 Å². The van der Waals surface area contributed by atoms with E-state index >= 15 is 0 Å². The van der Waals surface area contributed by atoms with E-state index in [1.165, 1.54) is 30.3 Å². The number of piperidine rings is 1. The van der Waals surface area contributed by atoms with Crippen molar-refractivity contribution in [1.82, 2.24) is 9.80 Å². The minimum Gasteiger partial charge on any atom is -0.489 e. The Balaban J connectivity index is 1.56. The molecule has 1 fully saturated rings. The van der Waals surface area contributed by atoms with Crippen LogP contribution in [0.25, 0.3) is 0 Å². The van der Waals surface area contributed by atoms with Crippen LogP contribution < -0.4 is 4.74 Å². The molecular weight excluding hydrogens is 426 g/mol. The van der Waals surface area contributed by atoms with Gasteiger partial charge < -0.3 is 14.4 Å². The molecule has 2 aliphatic heterocycles. The zero-order chi connectivity index (χ0) is 23.2. The van der Waals surface area contributed by atoms with Gasteiger partial charge in [-0.2, -0.15) is 0 Å². The molecule has 2 aliphatic rings. The van der Waals surface area contributed by atoms with Crippen LogP contribution in [0, 0.1) is 11.6 Å². The van der Waals surface area contributed by atoms with Gasteiger partial charge in [0.05, 0.1) is 12.1 Å². The molecule has 0 aliphatic carbocycles. The highest BCUT2D eigenvalue weighted by atomic mass is 19.1. The smallest absolute Gasteiger partial charge is 0.254 e. The largest absolute Gasteiger partial charge is 0.489 e. The van der Waals surface area contributed by atoms with Crippen LogP contribution in [0.2, 0.25) is 0 Å². The summed E-state index contributed by atoms with van der Waals surface area (Å²) in [6.07, 6.45) is 4.59. The lowest BCUT2D eigenvalue weighted by Gasteiger charge is -2.41. The molecule has 33 heavy (non-hydrogen) atoms. The normalized spacial score (nSPS) is 22.9. The summed E-state index contributed by atoms with van der Waals surface area (Å²) in [7, 11) is 1.71. The number of rotatable bonds is 3. The number of nitrogens with zero attached hydrogens (tertiary/aromatic N) is 2. The molecule has 2 atom stereocenters. The maximum atomic E-state index is 14.4. The highest BCUT2D eigenvalue weighted by Crippen LogP contribution is 2.28. The number of amides is 1. The number of carbonyl (C=O) groups is 1. The van der Waals surface area contributed by atoms with E-state index in [1.54, 1.807) is 19.2 Å². The van der Waals surface area contributed by atoms with Crippen molar-refractivity contribution in [2.24, 2.45) is 0 Å². The third-order valence-electron chi connectivity index (χ3n) is 6.67. The van der Waals surface area contributed by atoms with Crippen molar-refractivity contribution in [3.05, 3.63) is 65.2 Å². The molecule has 2 heterocycles. The van der Waals surface area contributed by atoms with Crippen molar-refractivity contribution >= 4 is 5.91 Å². The SMILES string of the molecule is CO[C@@H]1CCCN2C(=O)c3ccc(F)c(c3)OCCN(Cc3ccc(F)cc3)CCCC[C@H]12. The molecule has 7 heteroatoms. The van der Waals surface area contributed by atoms with Crippen molar-refractivity contribution in [3.63, 3.8) is 0 Å². The molecule has 0 saturated carbocycles. The number of fused-ring (bicyclic) bond motifs is 3. The van der Waals surface area contributed by atoms with Crippen LogP contribution in [0.15, 0.2) is 42.5 Å². The quantitative estimate of drug-likeness (QED) is 0.672. The Morgan fingerprint density at radius 1 is 1.00 bits per heavy atom. The second kappa shape index (κ2) is 11.1. The summed E-state index contributed by atoms with van der Waals surface area (Å²) in [5.74, 6) is -0.732. The summed E-state index contributed by atoms with van der Waals surface area (Å²) in [5.41, 5.74) is 1.46. The van der Waals surface area contributed by atoms with Crippen molar-refractivity contribution < 1.29 is 23.0 Å². The van der Waals surface area contributed by atoms with Gasteiger partial charge in [-0.3, -0.25) is 9.69 Å². The van der Waals surface area contributed by atoms with Gasteiger partial charge in [-0.25, -0.2) is 8.78 Å². The summed E-state index contributed by atoms with van der Waals surface area (Å²) in [6.45, 7) is 3.08. The van der Waals surface area contributed by atoms with Gasteiger partial charge in [0.2, 0.25) is 0 Å². The molecule has 4 rings (SSSR count). The molecule has 1 saturated heterocycles. The number of hydrogen-bond acceptors (Lipinski definition) is 4. The number of hydrogen-bond donors (Lipinski definition) is 0. The fourth-order valence-corrected chi connectivity index (χ4v) is 4.89. The Bertz CT molecular complexity index is 938. The monoisotopic (exact) mass is 458 g/mol. The fraction of sp³-hybridized carbons (Fsp3) is 0.500. The Morgan fingerprint density at radius 2 is 1.82 bits per heavy atom. The Kier molecular flexibility index (Phi) is 7.93. The van der Waals surface area contributed by atoms with Crippen LogP contribution in [0.5, 0.6) is 5.75 Å². The van der Waals surface area contributed by atoms with E-state index < -0.39 is 5.82 Å². The second-order valence-corrected chi connectivity index (χ2v) is 8.87. The minimum atomic E-state index is -0.478. The van der Waals surface area contributed by atoms with Gasteiger partial charge in [0.25, 0.3) is 5.91 Å². The fourth-order valence-electron chi connectivity index (χ4n) is 4.89. The lowest BCUT2D eigenvalue weighted by molar-refractivity contribution is -0.0156. The first kappa shape index (κ1) is 23.6. The van der Waals surface area contributed by atoms with Gasteiger partial charge in [-0.1, -0.05) is 18.6 Å². The summed E-state index contributed by atoms with van der Waals surface area (Å²) < 4.78 is 39.2. The average molecular weight is 459 g/mol. The Morgan fingerprint density at radius 3 is 2.61 bits per heavy atom. The highest BCUT2D eigenvalue weighted by molar-refractivity contribution is 5.95. The molecule has 2 aromatic carbocycles. The maximum absolute atomic E-state index is 14.4. The van der Waals surface area contributed by atoms with Gasteiger partial charge >= 0.3 is 0 Å². The van der Waals surface area contributed by atoms with Gasteiger partial charge in [0.1, 0.15) is 12.4 Å². The van der Waals surface area contributed by atoms with Crippen LogP contribution in [0.4, 0.5) is 8.78 Å². The molecule has 0 aromatic heterocycles. The van der Waals surface area contributed by atoms with E-state index in [4.69, 9.17) is 9.47 Å². The van der Waals surface area contributed by atoms with Crippen molar-refractivity contribution in [2.75, 3.05) is 33.4 Å². The number of benzene rings is 2. The lowest BCUT2D eigenvalue weighted by Crippen LogP contribution is -2.51. The van der Waals surface area contributed by atoms with E-state index in [-0.39, 0.29) is 29.6 Å². The zero-order valence-electron chi connectivity index (χ0n) is 19.1. The van der Waals surface area contributed by atoms with E-state index in [0.29, 0.717) is 31.8 Å². The number of halogens is 2. The van der Waals surface area contributed by atoms with Crippen LogP contribution in [0.3, 0.4) is 0 Å². The zero-order valence-corrected chi connectivity index (χ0v) is 19.1. The van der Waals surface area contributed by atoms with Gasteiger partial charge in [0, 0.05) is 32.3 Å². The van der Waals surface area contributed by atoms with Crippen molar-refractivity contribution in [1.29, 1.82) is 0 Å². The summed E-state index contributed by atoms with van der Waals surface area (Å²) in [6, 6.07) is 10.9. The van der Waals surface area contributed by atoms with Gasteiger partial charge in [0.15, 0.2) is 11.6 Å². The predicted octanol–water partition coefficient (Wildman–Crippen LogP) is 4.65. The standard InChI is InChI=1S/C26H32F2N2O3/c1-32-24-6-4-14-30-23(24)5-2-3-13-29(18-19-7-10-21(27)11-8-19)15-16-33-25-17-20(26(30)31)9-12-22(25)28/h7-12,17,23-24H,2-6,13-16,18H2,1H3/t23-,24-/m1/s1. The first-order valence-corrected chi connectivity index (χ1v) is 11.8. The molecule has 2 aromatic rings. The van der Waals surface area contributed by atoms with Crippen LogP contribution in [-0.4, -0.2) is 61.2 Å². The van der Waals surface area contributed by atoms with E-state index in [9.17, 15) is 13.6 Å². The van der Waals surface area contributed by atoms with Crippen LogP contribution in [-0.2, 0) is 11.3 Å². The number of ether oxygens (including phenoxy) is 2. The predicted molar refractivity (Wildman–Crippen MR) is 122 cm³/mol. The van der Waals surface area contributed by atoms with Crippen molar-refractivity contribution in [3.8, 4) is 5.75 Å². The molecule has 0 spiro atoms. The summed E-state index contributed by atoms with van der Waals surface area (Å²) in [5, 5.41) is 0. The third kappa shape index (κ3) is 5.89. The topological polar surface area (TPSA) is 42.0 Å². The highest BCUT2D eigenvalue weighted by Gasteiger charge is 2.34. The molecule has 0 unspecified atom stereocenters. The first-order chi connectivity index (χ1) is 16.0. The second-order valence-electron chi connectivity index (χ2n) is 8.87. The third-order valence-corrected chi connectivity index (χ3v) is 6.67. The number of carbonyl (C=O) groups excluding carboxylic acids is 1. The first-order valence-electron chi connectivity index (χ1n) is 11.8. The molecule has 1 amide bonds. The molecule has 0 radical (unpaired) electrons. The van der Waals surface area contributed by atoms with Crippen LogP contribution >= 0.6 is 0 Å². The molecular formula is C26H32F2N2O3. The van der Waals surface area contributed by atoms with E-state index in [1.807, 2.05) is 4.90 Å². The lowest BCUT2D eigenvalue weighted by atomic mass is 9.93. The maximum Gasteiger partial charge on any atom is 0.254 e. The average Bonchev–Trinajstić information content (AvgIpc) is 2.83. The van der Waals surface area contributed by atoms with Gasteiger partial charge in [-0.05, 0) is 68.1 Å².